The molecule has 0 fully saturated rings. The lowest BCUT2D eigenvalue weighted by Crippen LogP contribution is -2.36. The summed E-state index contributed by atoms with van der Waals surface area (Å²) >= 11 is 5.51. The van der Waals surface area contributed by atoms with Crippen molar-refractivity contribution in [2.24, 2.45) is 0 Å². The molecule has 0 saturated carbocycles. The third-order valence-corrected chi connectivity index (χ3v) is 3.22. The minimum atomic E-state index is -4.61. The van der Waals surface area contributed by atoms with E-state index in [4.69, 9.17) is 11.6 Å². The van der Waals surface area contributed by atoms with Crippen LogP contribution in [0.15, 0.2) is 36.9 Å². The molecule has 1 atom stereocenters. The molecule has 0 bridgehead atoms. The van der Waals surface area contributed by atoms with Gasteiger partial charge in [-0.2, -0.15) is 13.2 Å². The molecule has 2 aromatic rings. The van der Waals surface area contributed by atoms with E-state index in [2.05, 4.69) is 9.97 Å². The molecule has 0 aliphatic carbocycles. The molecule has 1 aromatic heterocycles. The monoisotopic (exact) mass is 319 g/mol. The van der Waals surface area contributed by atoms with E-state index in [9.17, 15) is 17.6 Å². The van der Waals surface area contributed by atoms with Crippen molar-refractivity contribution in [1.82, 2.24) is 9.97 Å². The smallest absolute Gasteiger partial charge is 0.357 e. The van der Waals surface area contributed by atoms with E-state index in [0.29, 0.717) is 0 Å². The summed E-state index contributed by atoms with van der Waals surface area (Å²) in [5, 5.41) is -0.231. The van der Waals surface area contributed by atoms with Gasteiger partial charge in [-0.05, 0) is 17.7 Å². The molecule has 0 aliphatic rings. The lowest BCUT2D eigenvalue weighted by atomic mass is 10.0. The van der Waals surface area contributed by atoms with Gasteiger partial charge in [-0.15, -0.1) is 0 Å². The second kappa shape index (κ2) is 5.85. The van der Waals surface area contributed by atoms with Crippen LogP contribution >= 0.6 is 11.6 Å². The number of nitrogens with zero attached hydrogens (tertiary/aromatic N) is 3. The molecule has 0 spiro atoms. The van der Waals surface area contributed by atoms with Crippen molar-refractivity contribution < 1.29 is 17.6 Å². The van der Waals surface area contributed by atoms with Gasteiger partial charge >= 0.3 is 6.18 Å². The predicted molar refractivity (Wildman–Crippen MR) is 70.6 cm³/mol. The quantitative estimate of drug-likeness (QED) is 0.800. The Morgan fingerprint density at radius 3 is 2.33 bits per heavy atom. The summed E-state index contributed by atoms with van der Waals surface area (Å²) in [6, 6.07) is 0.987. The second-order valence-corrected chi connectivity index (χ2v) is 4.73. The Kier molecular flexibility index (Phi) is 4.32. The molecule has 3 nitrogen and oxygen atoms in total. The van der Waals surface area contributed by atoms with Crippen LogP contribution in [0.4, 0.5) is 23.2 Å². The highest BCUT2D eigenvalue weighted by Crippen LogP contribution is 2.39. The first-order valence-corrected chi connectivity index (χ1v) is 6.18. The van der Waals surface area contributed by atoms with Crippen molar-refractivity contribution in [3.8, 4) is 0 Å². The third kappa shape index (κ3) is 3.41. The van der Waals surface area contributed by atoms with Crippen LogP contribution in [0.25, 0.3) is 0 Å². The number of rotatable bonds is 3. The van der Waals surface area contributed by atoms with E-state index in [-0.39, 0.29) is 16.3 Å². The van der Waals surface area contributed by atoms with Crippen molar-refractivity contribution in [3.05, 3.63) is 53.3 Å². The van der Waals surface area contributed by atoms with Crippen LogP contribution in [0, 0.1) is 5.82 Å². The number of benzene rings is 1. The first-order chi connectivity index (χ1) is 9.80. The molecule has 2 rings (SSSR count). The third-order valence-electron chi connectivity index (χ3n) is 2.91. The van der Waals surface area contributed by atoms with Crippen LogP contribution in [0.5, 0.6) is 0 Å². The Bertz CT molecular complexity index is 619. The van der Waals surface area contributed by atoms with E-state index in [1.54, 1.807) is 0 Å². The van der Waals surface area contributed by atoms with Crippen molar-refractivity contribution in [2.75, 3.05) is 11.9 Å². The SMILES string of the molecule is CN(c1cncnc1)[C@H](c1ccc(Cl)c(F)c1)C(F)(F)F. The van der Waals surface area contributed by atoms with Gasteiger partial charge in [0.2, 0.25) is 0 Å². The summed E-state index contributed by atoms with van der Waals surface area (Å²) in [6.07, 6.45) is -0.900. The van der Waals surface area contributed by atoms with E-state index in [1.165, 1.54) is 25.8 Å². The maximum Gasteiger partial charge on any atom is 0.412 e. The van der Waals surface area contributed by atoms with Crippen LogP contribution in [0.2, 0.25) is 5.02 Å². The molecular formula is C13H10ClF4N3. The first-order valence-electron chi connectivity index (χ1n) is 5.80. The molecular weight excluding hydrogens is 310 g/mol. The molecule has 112 valence electrons. The fourth-order valence-corrected chi connectivity index (χ4v) is 2.05. The summed E-state index contributed by atoms with van der Waals surface area (Å²) in [4.78, 5) is 8.29. The lowest BCUT2D eigenvalue weighted by Gasteiger charge is -2.31. The maximum absolute atomic E-state index is 13.5. The molecule has 21 heavy (non-hydrogen) atoms. The summed E-state index contributed by atoms with van der Waals surface area (Å²) in [5.74, 6) is -0.902. The number of hydrogen-bond donors (Lipinski definition) is 0. The number of alkyl halides is 3. The highest BCUT2D eigenvalue weighted by Gasteiger charge is 2.44. The van der Waals surface area contributed by atoms with Gasteiger partial charge in [0.15, 0.2) is 6.04 Å². The molecule has 1 heterocycles. The van der Waals surface area contributed by atoms with Gasteiger partial charge in [-0.3, -0.25) is 0 Å². The highest BCUT2D eigenvalue weighted by molar-refractivity contribution is 6.30. The summed E-state index contributed by atoms with van der Waals surface area (Å²) in [7, 11) is 1.24. The van der Waals surface area contributed by atoms with Gasteiger partial charge in [0, 0.05) is 7.05 Å². The first kappa shape index (κ1) is 15.5. The lowest BCUT2D eigenvalue weighted by molar-refractivity contribution is -0.149. The zero-order valence-electron chi connectivity index (χ0n) is 10.8. The molecule has 0 unspecified atom stereocenters. The van der Waals surface area contributed by atoms with E-state index in [0.717, 1.165) is 23.1 Å². The Morgan fingerprint density at radius 1 is 1.19 bits per heavy atom. The van der Waals surface area contributed by atoms with Gasteiger partial charge in [0.1, 0.15) is 12.1 Å². The average molecular weight is 320 g/mol. The number of anilines is 1. The Hall–Kier alpha value is -1.89. The highest BCUT2D eigenvalue weighted by atomic mass is 35.5. The van der Waals surface area contributed by atoms with Gasteiger partial charge in [0.25, 0.3) is 0 Å². The normalized spacial score (nSPS) is 13.0. The predicted octanol–water partition coefficient (Wildman–Crippen LogP) is 4.01. The van der Waals surface area contributed by atoms with Gasteiger partial charge < -0.3 is 4.90 Å². The molecule has 0 aliphatic heterocycles. The summed E-state index contributed by atoms with van der Waals surface area (Å²) in [5.41, 5.74) is -0.0917. The van der Waals surface area contributed by atoms with Crippen LogP contribution in [-0.4, -0.2) is 23.2 Å². The van der Waals surface area contributed by atoms with E-state index < -0.39 is 18.0 Å². The summed E-state index contributed by atoms with van der Waals surface area (Å²) < 4.78 is 53.5. The van der Waals surface area contributed by atoms with Crippen LogP contribution in [0.1, 0.15) is 11.6 Å². The van der Waals surface area contributed by atoms with Crippen LogP contribution < -0.4 is 4.90 Å². The molecule has 0 amide bonds. The Morgan fingerprint density at radius 2 is 1.81 bits per heavy atom. The van der Waals surface area contributed by atoms with Crippen LogP contribution in [0.3, 0.4) is 0 Å². The van der Waals surface area contributed by atoms with Gasteiger partial charge in [0.05, 0.1) is 23.1 Å². The summed E-state index contributed by atoms with van der Waals surface area (Å²) in [6.45, 7) is 0. The zero-order valence-corrected chi connectivity index (χ0v) is 11.5. The van der Waals surface area contributed by atoms with Crippen LogP contribution in [-0.2, 0) is 0 Å². The average Bonchev–Trinajstić information content (AvgIpc) is 2.42. The largest absolute Gasteiger partial charge is 0.412 e. The Balaban J connectivity index is 2.46. The van der Waals surface area contributed by atoms with E-state index >= 15 is 0 Å². The topological polar surface area (TPSA) is 29.0 Å². The molecule has 0 N–H and O–H groups in total. The number of aromatic nitrogens is 2. The van der Waals surface area contributed by atoms with Gasteiger partial charge in [-0.1, -0.05) is 17.7 Å². The minimum Gasteiger partial charge on any atom is -0.357 e. The fourth-order valence-electron chi connectivity index (χ4n) is 1.94. The van der Waals surface area contributed by atoms with Gasteiger partial charge in [-0.25, -0.2) is 14.4 Å². The van der Waals surface area contributed by atoms with Crippen molar-refractivity contribution in [1.29, 1.82) is 0 Å². The van der Waals surface area contributed by atoms with Crippen molar-refractivity contribution in [2.45, 2.75) is 12.2 Å². The molecule has 1 aromatic carbocycles. The van der Waals surface area contributed by atoms with E-state index in [1.807, 2.05) is 0 Å². The zero-order chi connectivity index (χ0) is 15.6. The standard InChI is InChI=1S/C13H10ClF4N3/c1-21(9-5-19-7-20-6-9)12(13(16,17)18)8-2-3-10(14)11(15)4-8/h2-7,12H,1H3/t12-/m1/s1. The Labute approximate surface area is 123 Å². The second-order valence-electron chi connectivity index (χ2n) is 4.33. The molecule has 0 radical (unpaired) electrons. The molecule has 0 saturated heterocycles. The minimum absolute atomic E-state index is 0.162. The molecule has 8 heteroatoms. The number of halogens is 5. The fraction of sp³-hybridized carbons (Fsp3) is 0.231. The maximum atomic E-state index is 13.5. The number of hydrogen-bond acceptors (Lipinski definition) is 3. The van der Waals surface area contributed by atoms with Crippen molar-refractivity contribution in [3.63, 3.8) is 0 Å². The van der Waals surface area contributed by atoms with Crippen molar-refractivity contribution >= 4 is 17.3 Å².